The number of hydrogen-bond donors (Lipinski definition) is 0. The van der Waals surface area contributed by atoms with Crippen LogP contribution in [0.15, 0.2) is 21.6 Å². The lowest BCUT2D eigenvalue weighted by Crippen LogP contribution is -2.74. The topological polar surface area (TPSA) is 62.7 Å². The average molecular weight is 416 g/mol. The largest absolute Gasteiger partial charge is 0.381 e. The minimum atomic E-state index is -3.43. The first-order valence-electron chi connectivity index (χ1n) is 8.35. The van der Waals surface area contributed by atoms with Crippen LogP contribution in [0.3, 0.4) is 0 Å². The van der Waals surface area contributed by atoms with Crippen molar-refractivity contribution < 1.29 is 13.2 Å². The number of ether oxygens (including phenoxy) is 1. The van der Waals surface area contributed by atoms with E-state index in [1.807, 2.05) is 0 Å². The third-order valence-electron chi connectivity index (χ3n) is 5.43. The SMILES string of the molecule is Cc1nc(Br)ccc1S(=O)(=O)N1CC2(CN(C3CCOCC3)C2)C1. The number of nitrogens with zero attached hydrogens (tertiary/aromatic N) is 3. The fourth-order valence-electron chi connectivity index (χ4n) is 4.13. The van der Waals surface area contributed by atoms with Gasteiger partial charge in [0.2, 0.25) is 10.0 Å². The summed E-state index contributed by atoms with van der Waals surface area (Å²) in [5.74, 6) is 0. The molecule has 4 heterocycles. The summed E-state index contributed by atoms with van der Waals surface area (Å²) in [6.07, 6.45) is 2.20. The Morgan fingerprint density at radius 3 is 2.50 bits per heavy atom. The van der Waals surface area contributed by atoms with Crippen LogP contribution in [-0.4, -0.2) is 68.0 Å². The average Bonchev–Trinajstić information content (AvgIpc) is 2.44. The summed E-state index contributed by atoms with van der Waals surface area (Å²) in [6.45, 7) is 6.73. The summed E-state index contributed by atoms with van der Waals surface area (Å²) >= 11 is 3.28. The van der Waals surface area contributed by atoms with Crippen molar-refractivity contribution >= 4 is 26.0 Å². The number of likely N-dealkylation sites (tertiary alicyclic amines) is 1. The highest BCUT2D eigenvalue weighted by Gasteiger charge is 2.56. The van der Waals surface area contributed by atoms with Crippen LogP contribution in [0.2, 0.25) is 0 Å². The van der Waals surface area contributed by atoms with Crippen molar-refractivity contribution in [1.29, 1.82) is 0 Å². The predicted octanol–water partition coefficient (Wildman–Crippen LogP) is 1.64. The highest BCUT2D eigenvalue weighted by atomic mass is 79.9. The van der Waals surface area contributed by atoms with Crippen LogP contribution in [0, 0.1) is 12.3 Å². The van der Waals surface area contributed by atoms with Gasteiger partial charge >= 0.3 is 0 Å². The molecule has 0 N–H and O–H groups in total. The molecule has 0 amide bonds. The van der Waals surface area contributed by atoms with Crippen LogP contribution in [0.5, 0.6) is 0 Å². The molecule has 3 saturated heterocycles. The molecule has 4 rings (SSSR count). The molecule has 0 bridgehead atoms. The maximum absolute atomic E-state index is 12.8. The Morgan fingerprint density at radius 1 is 1.21 bits per heavy atom. The Bertz CT molecular complexity index is 735. The number of aromatic nitrogens is 1. The molecule has 132 valence electrons. The fourth-order valence-corrected chi connectivity index (χ4v) is 6.35. The molecule has 3 aliphatic heterocycles. The van der Waals surface area contributed by atoms with Crippen LogP contribution in [0.4, 0.5) is 0 Å². The number of aryl methyl sites for hydroxylation is 1. The van der Waals surface area contributed by atoms with Crippen LogP contribution in [0.25, 0.3) is 0 Å². The number of sulfonamides is 1. The molecular weight excluding hydrogens is 394 g/mol. The second-order valence-electron chi connectivity index (χ2n) is 7.24. The second-order valence-corrected chi connectivity index (χ2v) is 9.96. The van der Waals surface area contributed by atoms with Crippen LogP contribution in [0.1, 0.15) is 18.5 Å². The molecule has 0 radical (unpaired) electrons. The lowest BCUT2D eigenvalue weighted by atomic mass is 9.73. The second kappa shape index (κ2) is 6.02. The van der Waals surface area contributed by atoms with E-state index in [4.69, 9.17) is 4.74 Å². The van der Waals surface area contributed by atoms with Crippen molar-refractivity contribution in [3.05, 3.63) is 22.4 Å². The minimum Gasteiger partial charge on any atom is -0.381 e. The van der Waals surface area contributed by atoms with E-state index in [1.54, 1.807) is 23.4 Å². The molecule has 24 heavy (non-hydrogen) atoms. The molecule has 1 aromatic rings. The maximum Gasteiger partial charge on any atom is 0.244 e. The number of rotatable bonds is 3. The van der Waals surface area contributed by atoms with Gasteiger partial charge in [0, 0.05) is 50.8 Å². The van der Waals surface area contributed by atoms with Crippen molar-refractivity contribution in [3.8, 4) is 0 Å². The van der Waals surface area contributed by atoms with Crippen LogP contribution < -0.4 is 0 Å². The van der Waals surface area contributed by atoms with Crippen molar-refractivity contribution in [2.45, 2.75) is 30.7 Å². The Morgan fingerprint density at radius 2 is 1.88 bits per heavy atom. The first-order valence-corrected chi connectivity index (χ1v) is 10.6. The smallest absolute Gasteiger partial charge is 0.244 e. The summed E-state index contributed by atoms with van der Waals surface area (Å²) < 4.78 is 33.3. The molecule has 0 unspecified atom stereocenters. The van der Waals surface area contributed by atoms with Crippen molar-refractivity contribution in [1.82, 2.24) is 14.2 Å². The van der Waals surface area contributed by atoms with E-state index in [0.717, 1.165) is 39.1 Å². The van der Waals surface area contributed by atoms with Crippen molar-refractivity contribution in [2.24, 2.45) is 5.41 Å². The fraction of sp³-hybridized carbons (Fsp3) is 0.688. The van der Waals surface area contributed by atoms with E-state index >= 15 is 0 Å². The first kappa shape index (κ1) is 16.9. The van der Waals surface area contributed by atoms with Gasteiger partial charge in [-0.25, -0.2) is 13.4 Å². The molecule has 3 aliphatic rings. The minimum absolute atomic E-state index is 0.169. The van der Waals surface area contributed by atoms with Crippen LogP contribution >= 0.6 is 15.9 Å². The third-order valence-corrected chi connectivity index (χ3v) is 7.80. The number of hydrogen-bond acceptors (Lipinski definition) is 5. The van der Waals surface area contributed by atoms with E-state index < -0.39 is 10.0 Å². The van der Waals surface area contributed by atoms with Gasteiger partial charge in [0.05, 0.1) is 5.69 Å². The quantitative estimate of drug-likeness (QED) is 0.702. The summed E-state index contributed by atoms with van der Waals surface area (Å²) in [5, 5.41) is 0. The van der Waals surface area contributed by atoms with E-state index in [2.05, 4.69) is 25.8 Å². The van der Waals surface area contributed by atoms with Crippen LogP contribution in [-0.2, 0) is 14.8 Å². The zero-order valence-corrected chi connectivity index (χ0v) is 16.1. The molecule has 3 fully saturated rings. The molecular formula is C16H22BrN3O3S. The molecule has 0 aromatic carbocycles. The van der Waals surface area contributed by atoms with Gasteiger partial charge in [0.25, 0.3) is 0 Å². The molecule has 8 heteroatoms. The summed E-state index contributed by atoms with van der Waals surface area (Å²) in [7, 11) is -3.43. The summed E-state index contributed by atoms with van der Waals surface area (Å²) in [4.78, 5) is 7.03. The van der Waals surface area contributed by atoms with Gasteiger partial charge in [-0.15, -0.1) is 0 Å². The lowest BCUT2D eigenvalue weighted by Gasteiger charge is -2.61. The van der Waals surface area contributed by atoms with Gasteiger partial charge in [0.1, 0.15) is 9.50 Å². The highest BCUT2D eigenvalue weighted by Crippen LogP contribution is 2.44. The van der Waals surface area contributed by atoms with Gasteiger partial charge in [-0.1, -0.05) is 0 Å². The Labute approximate surface area is 151 Å². The molecule has 1 aromatic heterocycles. The van der Waals surface area contributed by atoms with E-state index in [0.29, 0.717) is 34.3 Å². The zero-order valence-electron chi connectivity index (χ0n) is 13.7. The Balaban J connectivity index is 1.39. The van der Waals surface area contributed by atoms with Gasteiger partial charge in [-0.3, -0.25) is 4.90 Å². The van der Waals surface area contributed by atoms with Gasteiger partial charge in [-0.2, -0.15) is 4.31 Å². The monoisotopic (exact) mass is 415 g/mol. The highest BCUT2D eigenvalue weighted by molar-refractivity contribution is 9.10. The molecule has 0 atom stereocenters. The zero-order chi connectivity index (χ0) is 16.9. The number of halogens is 1. The van der Waals surface area contributed by atoms with Crippen molar-refractivity contribution in [3.63, 3.8) is 0 Å². The Hall–Kier alpha value is -0.540. The number of pyridine rings is 1. The molecule has 0 saturated carbocycles. The molecule has 0 aliphatic carbocycles. The van der Waals surface area contributed by atoms with Gasteiger partial charge < -0.3 is 4.74 Å². The normalized spacial score (nSPS) is 25.4. The maximum atomic E-state index is 12.8. The van der Waals surface area contributed by atoms with E-state index in [1.165, 1.54) is 0 Å². The predicted molar refractivity (Wildman–Crippen MR) is 93.3 cm³/mol. The first-order chi connectivity index (χ1) is 11.4. The van der Waals surface area contributed by atoms with Gasteiger partial charge in [0.15, 0.2) is 0 Å². The van der Waals surface area contributed by atoms with Crippen molar-refractivity contribution in [2.75, 3.05) is 39.4 Å². The summed E-state index contributed by atoms with van der Waals surface area (Å²) in [6, 6.07) is 3.95. The lowest BCUT2D eigenvalue weighted by molar-refractivity contribution is -0.116. The van der Waals surface area contributed by atoms with E-state index in [-0.39, 0.29) is 5.41 Å². The molecule has 1 spiro atoms. The standard InChI is InChI=1S/C16H22BrN3O3S/c1-12-14(2-3-15(17)18-12)24(21,22)20-10-16(11-20)8-19(9-16)13-4-6-23-7-5-13/h2-3,13H,4-11H2,1H3. The summed E-state index contributed by atoms with van der Waals surface area (Å²) in [5.41, 5.74) is 0.713. The Kier molecular flexibility index (Phi) is 4.24. The third kappa shape index (κ3) is 2.82. The molecule has 6 nitrogen and oxygen atoms in total. The van der Waals surface area contributed by atoms with E-state index in [9.17, 15) is 8.42 Å². The van der Waals surface area contributed by atoms with Gasteiger partial charge in [-0.05, 0) is 47.8 Å².